The van der Waals surface area contributed by atoms with Gasteiger partial charge in [-0.15, -0.1) is 11.3 Å². The molecule has 0 spiro atoms. The zero-order valence-corrected chi connectivity index (χ0v) is 14.4. The van der Waals surface area contributed by atoms with E-state index in [1.54, 1.807) is 11.3 Å². The van der Waals surface area contributed by atoms with Crippen LogP contribution in [0.1, 0.15) is 46.9 Å². The van der Waals surface area contributed by atoms with E-state index in [2.05, 4.69) is 28.2 Å². The molecule has 0 saturated heterocycles. The number of fused-ring (bicyclic) bond motifs is 1. The van der Waals surface area contributed by atoms with Crippen molar-refractivity contribution in [2.45, 2.75) is 38.6 Å². The number of aromatic nitrogens is 1. The van der Waals surface area contributed by atoms with Crippen LogP contribution < -0.4 is 5.32 Å². The summed E-state index contributed by atoms with van der Waals surface area (Å²) in [4.78, 5) is 6.24. The lowest BCUT2D eigenvalue weighted by Gasteiger charge is -2.17. The molecule has 0 amide bonds. The molecule has 1 aliphatic carbocycles. The van der Waals surface area contributed by atoms with Crippen LogP contribution in [0, 0.1) is 5.82 Å². The van der Waals surface area contributed by atoms with E-state index in [0.717, 1.165) is 36.4 Å². The first kappa shape index (κ1) is 15.1. The van der Waals surface area contributed by atoms with Gasteiger partial charge in [-0.05, 0) is 65.9 Å². The van der Waals surface area contributed by atoms with Crippen molar-refractivity contribution in [3.05, 3.63) is 49.6 Å². The van der Waals surface area contributed by atoms with E-state index in [9.17, 15) is 4.39 Å². The molecule has 0 radical (unpaired) electrons. The van der Waals surface area contributed by atoms with Gasteiger partial charge >= 0.3 is 0 Å². The van der Waals surface area contributed by atoms with Crippen molar-refractivity contribution in [1.82, 2.24) is 10.3 Å². The molecule has 1 aliphatic rings. The van der Waals surface area contributed by atoms with Crippen molar-refractivity contribution in [3.63, 3.8) is 0 Å². The van der Waals surface area contributed by atoms with Gasteiger partial charge in [-0.1, -0.05) is 13.0 Å². The number of nitrogens with one attached hydrogen (secondary N) is 1. The van der Waals surface area contributed by atoms with Gasteiger partial charge in [0, 0.05) is 4.88 Å². The van der Waals surface area contributed by atoms with Crippen molar-refractivity contribution in [3.8, 4) is 0 Å². The van der Waals surface area contributed by atoms with Crippen LogP contribution in [-0.2, 0) is 12.8 Å². The van der Waals surface area contributed by atoms with Crippen molar-refractivity contribution in [2.24, 2.45) is 0 Å². The Hall–Kier alpha value is -0.780. The Balaban J connectivity index is 1.94. The molecule has 1 unspecified atom stereocenters. The number of thiazole rings is 1. The summed E-state index contributed by atoms with van der Waals surface area (Å²) in [5, 5.41) is 4.65. The standard InChI is InChI=1S/C16H18BrFN2S/c1-2-8-19-15(10-6-7-12(18)11(17)9-10)16-20-13-4-3-5-14(13)21-16/h6-7,9,15,19H,2-5,8H2,1H3. The highest BCUT2D eigenvalue weighted by atomic mass is 79.9. The van der Waals surface area contributed by atoms with Crippen LogP contribution in [0.2, 0.25) is 0 Å². The summed E-state index contributed by atoms with van der Waals surface area (Å²) >= 11 is 5.08. The molecule has 21 heavy (non-hydrogen) atoms. The SMILES string of the molecule is CCCNC(c1ccc(F)c(Br)c1)c1nc2c(s1)CCC2. The molecule has 1 heterocycles. The van der Waals surface area contributed by atoms with Gasteiger partial charge in [0.05, 0.1) is 16.2 Å². The number of hydrogen-bond donors (Lipinski definition) is 1. The summed E-state index contributed by atoms with van der Waals surface area (Å²) in [5.74, 6) is -0.227. The molecule has 1 aromatic heterocycles. The maximum absolute atomic E-state index is 13.5. The fourth-order valence-electron chi connectivity index (χ4n) is 2.66. The third-order valence-corrected chi connectivity index (χ3v) is 5.56. The van der Waals surface area contributed by atoms with Crippen LogP contribution in [0.4, 0.5) is 4.39 Å². The van der Waals surface area contributed by atoms with E-state index in [1.807, 2.05) is 12.1 Å². The van der Waals surface area contributed by atoms with Crippen LogP contribution in [0.25, 0.3) is 0 Å². The Morgan fingerprint density at radius 2 is 2.29 bits per heavy atom. The molecule has 0 bridgehead atoms. The smallest absolute Gasteiger partial charge is 0.137 e. The maximum atomic E-state index is 13.5. The number of benzene rings is 1. The predicted molar refractivity (Wildman–Crippen MR) is 88.4 cm³/mol. The zero-order valence-electron chi connectivity index (χ0n) is 12.0. The van der Waals surface area contributed by atoms with Gasteiger partial charge in [0.25, 0.3) is 0 Å². The van der Waals surface area contributed by atoms with E-state index in [-0.39, 0.29) is 11.9 Å². The lowest BCUT2D eigenvalue weighted by atomic mass is 10.1. The second kappa shape index (κ2) is 6.55. The third kappa shape index (κ3) is 3.20. The molecule has 0 saturated carbocycles. The summed E-state index contributed by atoms with van der Waals surface area (Å²) in [6.45, 7) is 3.07. The Morgan fingerprint density at radius 1 is 1.43 bits per heavy atom. The quantitative estimate of drug-likeness (QED) is 0.832. The predicted octanol–water partition coefficient (Wildman–Crippen LogP) is 4.62. The van der Waals surface area contributed by atoms with Gasteiger partial charge in [-0.3, -0.25) is 0 Å². The average molecular weight is 369 g/mol. The lowest BCUT2D eigenvalue weighted by Crippen LogP contribution is -2.23. The van der Waals surface area contributed by atoms with Gasteiger partial charge in [-0.2, -0.15) is 0 Å². The fraction of sp³-hybridized carbons (Fsp3) is 0.438. The van der Waals surface area contributed by atoms with Gasteiger partial charge in [0.2, 0.25) is 0 Å². The maximum Gasteiger partial charge on any atom is 0.137 e. The zero-order chi connectivity index (χ0) is 14.8. The van der Waals surface area contributed by atoms with Crippen molar-refractivity contribution in [2.75, 3.05) is 6.54 Å². The largest absolute Gasteiger partial charge is 0.304 e. The highest BCUT2D eigenvalue weighted by Crippen LogP contribution is 2.34. The minimum atomic E-state index is -0.227. The van der Waals surface area contributed by atoms with Gasteiger partial charge < -0.3 is 5.32 Å². The summed E-state index contributed by atoms with van der Waals surface area (Å²) in [6.07, 6.45) is 4.54. The number of nitrogens with zero attached hydrogens (tertiary/aromatic N) is 1. The van der Waals surface area contributed by atoms with Crippen LogP contribution in [-0.4, -0.2) is 11.5 Å². The van der Waals surface area contributed by atoms with E-state index >= 15 is 0 Å². The second-order valence-corrected chi connectivity index (χ2v) is 7.31. The minimum Gasteiger partial charge on any atom is -0.304 e. The van der Waals surface area contributed by atoms with Crippen molar-refractivity contribution < 1.29 is 4.39 Å². The number of aryl methyl sites for hydroxylation is 2. The second-order valence-electron chi connectivity index (χ2n) is 5.34. The highest BCUT2D eigenvalue weighted by Gasteiger charge is 2.23. The van der Waals surface area contributed by atoms with E-state index in [4.69, 9.17) is 4.98 Å². The molecule has 2 nitrogen and oxygen atoms in total. The molecule has 5 heteroatoms. The summed E-state index contributed by atoms with van der Waals surface area (Å²) in [5.41, 5.74) is 2.32. The molecule has 2 aromatic rings. The summed E-state index contributed by atoms with van der Waals surface area (Å²) in [7, 11) is 0. The molecule has 0 aliphatic heterocycles. The molecule has 0 fully saturated rings. The first-order valence-electron chi connectivity index (χ1n) is 7.36. The molecule has 1 atom stereocenters. The summed E-state index contributed by atoms with van der Waals surface area (Å²) in [6, 6.07) is 5.27. The van der Waals surface area contributed by atoms with E-state index in [0.29, 0.717) is 4.47 Å². The lowest BCUT2D eigenvalue weighted by molar-refractivity contribution is 0.587. The van der Waals surface area contributed by atoms with E-state index < -0.39 is 0 Å². The Kier molecular flexibility index (Phi) is 4.72. The molecule has 1 N–H and O–H groups in total. The van der Waals surface area contributed by atoms with Crippen LogP contribution in [0.3, 0.4) is 0 Å². The number of hydrogen-bond acceptors (Lipinski definition) is 3. The Morgan fingerprint density at radius 3 is 3.00 bits per heavy atom. The highest BCUT2D eigenvalue weighted by molar-refractivity contribution is 9.10. The average Bonchev–Trinajstić information content (AvgIpc) is 3.04. The number of halogens is 2. The van der Waals surface area contributed by atoms with Gasteiger partial charge in [0.1, 0.15) is 10.8 Å². The summed E-state index contributed by atoms with van der Waals surface area (Å²) < 4.78 is 14.0. The molecular weight excluding hydrogens is 351 g/mol. The fourth-order valence-corrected chi connectivity index (χ4v) is 4.32. The molecule has 112 valence electrons. The normalized spacial score (nSPS) is 15.2. The van der Waals surface area contributed by atoms with Crippen LogP contribution in [0.15, 0.2) is 22.7 Å². The van der Waals surface area contributed by atoms with Crippen LogP contribution >= 0.6 is 27.3 Å². The van der Waals surface area contributed by atoms with Crippen LogP contribution in [0.5, 0.6) is 0 Å². The van der Waals surface area contributed by atoms with E-state index in [1.165, 1.54) is 23.1 Å². The monoisotopic (exact) mass is 368 g/mol. The Bertz CT molecular complexity index is 620. The first-order chi connectivity index (χ1) is 10.2. The molecule has 3 rings (SSSR count). The molecular formula is C16H18BrFN2S. The van der Waals surface area contributed by atoms with Crippen molar-refractivity contribution in [1.29, 1.82) is 0 Å². The Labute approximate surface area is 136 Å². The van der Waals surface area contributed by atoms with Gasteiger partial charge in [0.15, 0.2) is 0 Å². The number of rotatable bonds is 5. The van der Waals surface area contributed by atoms with Crippen molar-refractivity contribution >= 4 is 27.3 Å². The first-order valence-corrected chi connectivity index (χ1v) is 8.96. The third-order valence-electron chi connectivity index (χ3n) is 3.73. The topological polar surface area (TPSA) is 24.9 Å². The molecule has 1 aromatic carbocycles. The van der Waals surface area contributed by atoms with Gasteiger partial charge in [-0.25, -0.2) is 9.37 Å². The minimum absolute atomic E-state index is 0.0532.